The van der Waals surface area contributed by atoms with Crippen LogP contribution in [0.2, 0.25) is 0 Å². The monoisotopic (exact) mass is 348 g/mol. The highest BCUT2D eigenvalue weighted by atomic mass is 79.9. The van der Waals surface area contributed by atoms with Crippen LogP contribution in [0.1, 0.15) is 21.5 Å². The van der Waals surface area contributed by atoms with Gasteiger partial charge in [-0.3, -0.25) is 0 Å². The first-order chi connectivity index (χ1) is 10.0. The smallest absolute Gasteiger partial charge is 0.338 e. The number of nitrogens with two attached hydrogens (primary N) is 1. The molecule has 0 aliphatic rings. The van der Waals surface area contributed by atoms with Gasteiger partial charge in [0.1, 0.15) is 12.4 Å². The molecule has 2 rings (SSSR count). The number of carbonyl (C=O) groups is 1. The van der Waals surface area contributed by atoms with Crippen molar-refractivity contribution in [2.24, 2.45) is 0 Å². The third-order valence-electron chi connectivity index (χ3n) is 2.77. The molecule has 0 saturated carbocycles. The number of nitriles is 1. The number of hydrogen-bond donors (Lipinski definition) is 1. The van der Waals surface area contributed by atoms with Crippen molar-refractivity contribution in [1.82, 2.24) is 0 Å². The normalized spacial score (nSPS) is 9.95. The zero-order chi connectivity index (χ0) is 15.4. The maximum absolute atomic E-state index is 13.6. The molecular weight excluding hydrogens is 339 g/mol. The zero-order valence-corrected chi connectivity index (χ0v) is 12.4. The Balaban J connectivity index is 2.07. The van der Waals surface area contributed by atoms with Gasteiger partial charge < -0.3 is 10.5 Å². The second-order valence-electron chi connectivity index (χ2n) is 4.23. The van der Waals surface area contributed by atoms with Crippen LogP contribution in [-0.2, 0) is 11.3 Å². The van der Waals surface area contributed by atoms with Crippen LogP contribution >= 0.6 is 15.9 Å². The molecule has 0 saturated heterocycles. The van der Waals surface area contributed by atoms with Crippen LogP contribution in [0.15, 0.2) is 40.9 Å². The lowest BCUT2D eigenvalue weighted by molar-refractivity contribution is 0.0469. The SMILES string of the molecule is N#Cc1ccc(COC(=O)c2ccc(Br)c(N)c2)c(F)c1. The van der Waals surface area contributed by atoms with E-state index in [2.05, 4.69) is 15.9 Å². The number of ether oxygens (including phenoxy) is 1. The highest BCUT2D eigenvalue weighted by molar-refractivity contribution is 9.10. The summed E-state index contributed by atoms with van der Waals surface area (Å²) in [7, 11) is 0. The van der Waals surface area contributed by atoms with E-state index in [1.54, 1.807) is 12.1 Å². The minimum absolute atomic E-state index is 0.201. The fraction of sp³-hybridized carbons (Fsp3) is 0.0667. The van der Waals surface area contributed by atoms with Gasteiger partial charge >= 0.3 is 5.97 Å². The quantitative estimate of drug-likeness (QED) is 0.681. The number of hydrogen-bond acceptors (Lipinski definition) is 4. The summed E-state index contributed by atoms with van der Waals surface area (Å²) in [4.78, 5) is 11.8. The number of benzene rings is 2. The lowest BCUT2D eigenvalue weighted by Gasteiger charge is -2.07. The second kappa shape index (κ2) is 6.37. The van der Waals surface area contributed by atoms with Gasteiger partial charge in [0.2, 0.25) is 0 Å². The van der Waals surface area contributed by atoms with E-state index in [4.69, 9.17) is 15.7 Å². The number of rotatable bonds is 3. The molecule has 0 spiro atoms. The molecule has 0 bridgehead atoms. The molecule has 2 N–H and O–H groups in total. The summed E-state index contributed by atoms with van der Waals surface area (Å²) in [5, 5.41) is 8.65. The average Bonchev–Trinajstić information content (AvgIpc) is 2.48. The van der Waals surface area contributed by atoms with Crippen molar-refractivity contribution in [1.29, 1.82) is 5.26 Å². The molecule has 0 amide bonds. The minimum Gasteiger partial charge on any atom is -0.457 e. The molecule has 0 fully saturated rings. The summed E-state index contributed by atoms with van der Waals surface area (Å²) in [6.07, 6.45) is 0. The lowest BCUT2D eigenvalue weighted by atomic mass is 10.1. The first-order valence-corrected chi connectivity index (χ1v) is 6.71. The molecule has 0 unspecified atom stereocenters. The van der Waals surface area contributed by atoms with Crippen LogP contribution in [0, 0.1) is 17.1 Å². The summed E-state index contributed by atoms with van der Waals surface area (Å²) in [6, 6.07) is 10.5. The van der Waals surface area contributed by atoms with E-state index in [0.29, 0.717) is 10.2 Å². The molecule has 6 heteroatoms. The highest BCUT2D eigenvalue weighted by Gasteiger charge is 2.11. The zero-order valence-electron chi connectivity index (χ0n) is 10.8. The lowest BCUT2D eigenvalue weighted by Crippen LogP contribution is -2.07. The number of nitrogen functional groups attached to an aromatic ring is 1. The Kier molecular flexibility index (Phi) is 4.55. The molecule has 2 aromatic rings. The summed E-state index contributed by atoms with van der Waals surface area (Å²) in [5.74, 6) is -1.19. The van der Waals surface area contributed by atoms with E-state index in [1.165, 1.54) is 18.2 Å². The van der Waals surface area contributed by atoms with Crippen LogP contribution in [0.3, 0.4) is 0 Å². The van der Waals surface area contributed by atoms with E-state index in [0.717, 1.165) is 6.07 Å². The minimum atomic E-state index is -0.599. The molecule has 0 aliphatic heterocycles. The van der Waals surface area contributed by atoms with Crippen molar-refractivity contribution in [3.05, 3.63) is 63.4 Å². The Hall–Kier alpha value is -2.39. The van der Waals surface area contributed by atoms with E-state index in [-0.39, 0.29) is 23.3 Å². The Morgan fingerprint density at radius 2 is 2.10 bits per heavy atom. The molecular formula is C15H10BrFN2O2. The molecule has 21 heavy (non-hydrogen) atoms. The summed E-state index contributed by atoms with van der Waals surface area (Å²) < 4.78 is 19.3. The van der Waals surface area contributed by atoms with Crippen LogP contribution in [0.4, 0.5) is 10.1 Å². The average molecular weight is 349 g/mol. The molecule has 4 nitrogen and oxygen atoms in total. The molecule has 0 aromatic heterocycles. The molecule has 2 aromatic carbocycles. The van der Waals surface area contributed by atoms with Gasteiger partial charge in [0.05, 0.1) is 17.2 Å². The maximum Gasteiger partial charge on any atom is 0.338 e. The van der Waals surface area contributed by atoms with Gasteiger partial charge in [0, 0.05) is 15.7 Å². The van der Waals surface area contributed by atoms with Crippen LogP contribution in [0.25, 0.3) is 0 Å². The van der Waals surface area contributed by atoms with Crippen LogP contribution in [-0.4, -0.2) is 5.97 Å². The fourth-order valence-corrected chi connectivity index (χ4v) is 1.88. The van der Waals surface area contributed by atoms with Crippen molar-refractivity contribution in [2.75, 3.05) is 5.73 Å². The fourth-order valence-electron chi connectivity index (χ4n) is 1.63. The predicted octanol–water partition coefficient (Wildman–Crippen LogP) is 3.40. The topological polar surface area (TPSA) is 76.1 Å². The first kappa shape index (κ1) is 15.0. The number of halogens is 2. The molecule has 0 aliphatic carbocycles. The first-order valence-electron chi connectivity index (χ1n) is 5.92. The van der Waals surface area contributed by atoms with E-state index in [9.17, 15) is 9.18 Å². The van der Waals surface area contributed by atoms with Crippen molar-refractivity contribution in [3.8, 4) is 6.07 Å². The van der Waals surface area contributed by atoms with Crippen LogP contribution < -0.4 is 5.73 Å². The van der Waals surface area contributed by atoms with Crippen molar-refractivity contribution in [3.63, 3.8) is 0 Å². The molecule has 106 valence electrons. The number of nitrogens with zero attached hydrogens (tertiary/aromatic N) is 1. The molecule has 0 heterocycles. The van der Waals surface area contributed by atoms with Gasteiger partial charge in [-0.1, -0.05) is 6.07 Å². The second-order valence-corrected chi connectivity index (χ2v) is 5.08. The largest absolute Gasteiger partial charge is 0.457 e. The van der Waals surface area contributed by atoms with Gasteiger partial charge in [-0.05, 0) is 46.3 Å². The van der Waals surface area contributed by atoms with Gasteiger partial charge in [0.15, 0.2) is 0 Å². The van der Waals surface area contributed by atoms with E-state index >= 15 is 0 Å². The van der Waals surface area contributed by atoms with Crippen molar-refractivity contribution >= 4 is 27.6 Å². The Morgan fingerprint density at radius 3 is 2.71 bits per heavy atom. The molecule has 0 atom stereocenters. The summed E-state index contributed by atoms with van der Waals surface area (Å²) in [5.41, 5.74) is 6.78. The summed E-state index contributed by atoms with van der Waals surface area (Å²) >= 11 is 3.22. The maximum atomic E-state index is 13.6. The predicted molar refractivity (Wildman–Crippen MR) is 78.8 cm³/mol. The van der Waals surface area contributed by atoms with Gasteiger partial charge in [-0.15, -0.1) is 0 Å². The van der Waals surface area contributed by atoms with Gasteiger partial charge in [0.25, 0.3) is 0 Å². The summed E-state index contributed by atoms with van der Waals surface area (Å²) in [6.45, 7) is -0.216. The number of anilines is 1. The Bertz CT molecular complexity index is 741. The van der Waals surface area contributed by atoms with E-state index in [1.807, 2.05) is 6.07 Å². The standard InChI is InChI=1S/C15H10BrFN2O2/c16-12-4-3-10(6-14(12)19)15(20)21-8-11-2-1-9(7-18)5-13(11)17/h1-6H,8,19H2. The van der Waals surface area contributed by atoms with Crippen LogP contribution in [0.5, 0.6) is 0 Å². The number of esters is 1. The molecule has 0 radical (unpaired) electrons. The van der Waals surface area contributed by atoms with Crippen molar-refractivity contribution < 1.29 is 13.9 Å². The van der Waals surface area contributed by atoms with Gasteiger partial charge in [-0.2, -0.15) is 5.26 Å². The van der Waals surface area contributed by atoms with Crippen molar-refractivity contribution in [2.45, 2.75) is 6.61 Å². The Morgan fingerprint density at radius 1 is 1.33 bits per heavy atom. The third kappa shape index (κ3) is 3.58. The van der Waals surface area contributed by atoms with Gasteiger partial charge in [-0.25, -0.2) is 9.18 Å². The number of carbonyl (C=O) groups excluding carboxylic acids is 1. The van der Waals surface area contributed by atoms with E-state index < -0.39 is 11.8 Å². The Labute approximate surface area is 129 Å². The highest BCUT2D eigenvalue weighted by Crippen LogP contribution is 2.21. The third-order valence-corrected chi connectivity index (χ3v) is 3.49.